The first kappa shape index (κ1) is 20.6. The number of piperidine rings is 1. The van der Waals surface area contributed by atoms with E-state index in [-0.39, 0.29) is 17.4 Å². The van der Waals surface area contributed by atoms with Crippen LogP contribution < -0.4 is 4.74 Å². The predicted octanol–water partition coefficient (Wildman–Crippen LogP) is 4.31. The first-order valence-corrected chi connectivity index (χ1v) is 10.3. The van der Waals surface area contributed by atoms with Gasteiger partial charge in [0, 0.05) is 24.7 Å². The van der Waals surface area contributed by atoms with Crippen LogP contribution in [0.2, 0.25) is 0 Å². The molecule has 1 aromatic heterocycles. The van der Waals surface area contributed by atoms with E-state index in [1.54, 1.807) is 4.90 Å². The summed E-state index contributed by atoms with van der Waals surface area (Å²) in [7, 11) is 0. The van der Waals surface area contributed by atoms with Crippen LogP contribution in [0, 0.1) is 5.92 Å². The molecule has 1 saturated heterocycles. The Balaban J connectivity index is 1.29. The van der Waals surface area contributed by atoms with Crippen molar-refractivity contribution < 1.29 is 22.7 Å². The highest BCUT2D eigenvalue weighted by molar-refractivity contribution is 5.94. The van der Waals surface area contributed by atoms with Crippen molar-refractivity contribution in [3.05, 3.63) is 52.7 Å². The number of aromatic nitrogens is 2. The summed E-state index contributed by atoms with van der Waals surface area (Å²) in [5, 5.41) is 8.43. The van der Waals surface area contributed by atoms with Crippen LogP contribution in [0.3, 0.4) is 0 Å². The zero-order valence-electron chi connectivity index (χ0n) is 16.6. The van der Waals surface area contributed by atoms with E-state index in [0.29, 0.717) is 25.6 Å². The van der Waals surface area contributed by atoms with Gasteiger partial charge in [0.1, 0.15) is 0 Å². The lowest BCUT2D eigenvalue weighted by Crippen LogP contribution is -2.39. The van der Waals surface area contributed by atoms with Crippen molar-refractivity contribution in [1.82, 2.24) is 15.1 Å². The maximum atomic E-state index is 12.9. The van der Waals surface area contributed by atoms with Gasteiger partial charge < -0.3 is 9.64 Å². The molecule has 1 amide bonds. The van der Waals surface area contributed by atoms with E-state index >= 15 is 0 Å². The third-order valence-corrected chi connectivity index (χ3v) is 5.85. The van der Waals surface area contributed by atoms with E-state index < -0.39 is 11.7 Å². The molecule has 1 fully saturated rings. The molecule has 0 radical (unpaired) electrons. The average Bonchev–Trinajstić information content (AvgIpc) is 2.77. The molecule has 8 heteroatoms. The smallest absolute Gasteiger partial charge is 0.416 e. The summed E-state index contributed by atoms with van der Waals surface area (Å²) >= 11 is 0. The van der Waals surface area contributed by atoms with Gasteiger partial charge in [0.15, 0.2) is 0 Å². The summed E-state index contributed by atoms with van der Waals surface area (Å²) < 4.78 is 44.5. The second-order valence-corrected chi connectivity index (χ2v) is 7.99. The lowest BCUT2D eigenvalue weighted by Gasteiger charge is -2.32. The molecule has 1 aliphatic carbocycles. The molecule has 2 aliphatic rings. The number of likely N-dealkylation sites (tertiary alicyclic amines) is 1. The zero-order chi connectivity index (χ0) is 21.1. The molecule has 0 N–H and O–H groups in total. The molecule has 0 atom stereocenters. The second kappa shape index (κ2) is 8.62. The van der Waals surface area contributed by atoms with E-state index in [1.807, 2.05) is 6.07 Å². The molecule has 0 saturated carbocycles. The number of aryl methyl sites for hydroxylation is 2. The van der Waals surface area contributed by atoms with Gasteiger partial charge in [-0.2, -0.15) is 18.3 Å². The SMILES string of the molecule is O=C(c1cccc(C(F)(F)F)c1)N1CCC(COc2cc3c(nn2)CCCC3)CC1. The number of halogens is 3. The molecular formula is C22H24F3N3O2. The van der Waals surface area contributed by atoms with Crippen LogP contribution >= 0.6 is 0 Å². The first-order chi connectivity index (χ1) is 14.4. The van der Waals surface area contributed by atoms with Gasteiger partial charge >= 0.3 is 6.18 Å². The highest BCUT2D eigenvalue weighted by Gasteiger charge is 2.32. The van der Waals surface area contributed by atoms with Crippen molar-refractivity contribution >= 4 is 5.91 Å². The Labute approximate surface area is 173 Å². The Morgan fingerprint density at radius 3 is 2.63 bits per heavy atom. The lowest BCUT2D eigenvalue weighted by molar-refractivity contribution is -0.137. The van der Waals surface area contributed by atoms with Crippen molar-refractivity contribution in [1.29, 1.82) is 0 Å². The largest absolute Gasteiger partial charge is 0.476 e. The van der Waals surface area contributed by atoms with Crippen molar-refractivity contribution in [2.24, 2.45) is 5.92 Å². The Kier molecular flexibility index (Phi) is 5.92. The normalized spacial score (nSPS) is 17.5. The Morgan fingerprint density at radius 2 is 1.87 bits per heavy atom. The number of nitrogens with zero attached hydrogens (tertiary/aromatic N) is 3. The fourth-order valence-electron chi connectivity index (χ4n) is 4.06. The molecular weight excluding hydrogens is 395 g/mol. The van der Waals surface area contributed by atoms with E-state index in [1.165, 1.54) is 17.7 Å². The molecule has 2 aromatic rings. The molecule has 1 aliphatic heterocycles. The number of hydrogen-bond acceptors (Lipinski definition) is 4. The van der Waals surface area contributed by atoms with Gasteiger partial charge in [-0.3, -0.25) is 4.79 Å². The Hall–Kier alpha value is -2.64. The van der Waals surface area contributed by atoms with Crippen LogP contribution in [0.15, 0.2) is 30.3 Å². The van der Waals surface area contributed by atoms with E-state index in [0.717, 1.165) is 56.4 Å². The van der Waals surface area contributed by atoms with Crippen LogP contribution in [-0.2, 0) is 19.0 Å². The Morgan fingerprint density at radius 1 is 1.10 bits per heavy atom. The number of rotatable bonds is 4. The lowest BCUT2D eigenvalue weighted by atomic mass is 9.96. The van der Waals surface area contributed by atoms with Crippen molar-refractivity contribution in [3.63, 3.8) is 0 Å². The maximum absolute atomic E-state index is 12.9. The van der Waals surface area contributed by atoms with Crippen molar-refractivity contribution in [2.75, 3.05) is 19.7 Å². The van der Waals surface area contributed by atoms with Gasteiger partial charge in [-0.1, -0.05) is 6.07 Å². The number of alkyl halides is 3. The number of fused-ring (bicyclic) bond motifs is 1. The third kappa shape index (κ3) is 4.74. The summed E-state index contributed by atoms with van der Waals surface area (Å²) in [6.45, 7) is 1.50. The third-order valence-electron chi connectivity index (χ3n) is 5.85. The zero-order valence-corrected chi connectivity index (χ0v) is 16.6. The molecule has 5 nitrogen and oxygen atoms in total. The number of ether oxygens (including phenoxy) is 1. The van der Waals surface area contributed by atoms with Crippen LogP contribution in [0.25, 0.3) is 0 Å². The van der Waals surface area contributed by atoms with Crippen LogP contribution in [0.4, 0.5) is 13.2 Å². The van der Waals surface area contributed by atoms with Gasteiger partial charge in [-0.05, 0) is 68.2 Å². The predicted molar refractivity (Wildman–Crippen MR) is 104 cm³/mol. The van der Waals surface area contributed by atoms with Crippen LogP contribution in [-0.4, -0.2) is 40.7 Å². The number of amides is 1. The van der Waals surface area contributed by atoms with Gasteiger partial charge in [0.05, 0.1) is 17.9 Å². The number of carbonyl (C=O) groups is 1. The molecule has 1 aromatic carbocycles. The monoisotopic (exact) mass is 419 g/mol. The van der Waals surface area contributed by atoms with E-state index in [2.05, 4.69) is 10.2 Å². The minimum absolute atomic E-state index is 0.0730. The molecule has 0 spiro atoms. The first-order valence-electron chi connectivity index (χ1n) is 10.3. The Bertz CT molecular complexity index is 909. The molecule has 30 heavy (non-hydrogen) atoms. The summed E-state index contributed by atoms with van der Waals surface area (Å²) in [5.41, 5.74) is 1.55. The summed E-state index contributed by atoms with van der Waals surface area (Å²) in [5.74, 6) is 0.451. The number of benzene rings is 1. The molecule has 0 bridgehead atoms. The van der Waals surface area contributed by atoms with Gasteiger partial charge in [-0.15, -0.1) is 5.10 Å². The summed E-state index contributed by atoms with van der Waals surface area (Å²) in [6, 6.07) is 6.59. The van der Waals surface area contributed by atoms with Crippen molar-refractivity contribution in [2.45, 2.75) is 44.7 Å². The highest BCUT2D eigenvalue weighted by atomic mass is 19.4. The highest BCUT2D eigenvalue weighted by Crippen LogP contribution is 2.30. The summed E-state index contributed by atoms with van der Waals surface area (Å²) in [4.78, 5) is 14.2. The maximum Gasteiger partial charge on any atom is 0.416 e. The molecule has 160 valence electrons. The summed E-state index contributed by atoms with van der Waals surface area (Å²) in [6.07, 6.45) is 1.32. The van der Waals surface area contributed by atoms with Crippen molar-refractivity contribution in [3.8, 4) is 5.88 Å². The van der Waals surface area contributed by atoms with Gasteiger partial charge in [-0.25, -0.2) is 0 Å². The fraction of sp³-hybridized carbons (Fsp3) is 0.500. The van der Waals surface area contributed by atoms with E-state index in [4.69, 9.17) is 4.74 Å². The van der Waals surface area contributed by atoms with Crippen LogP contribution in [0.1, 0.15) is 52.9 Å². The van der Waals surface area contributed by atoms with Gasteiger partial charge in [0.25, 0.3) is 5.91 Å². The standard InChI is InChI=1S/C22H24F3N3O2/c23-22(24,25)18-6-3-5-17(12-18)21(29)28-10-8-15(9-11-28)14-30-20-13-16-4-1-2-7-19(16)26-27-20/h3,5-6,12-13,15H,1-2,4,7-11,14H2. The van der Waals surface area contributed by atoms with E-state index in [9.17, 15) is 18.0 Å². The van der Waals surface area contributed by atoms with Gasteiger partial charge in [0.2, 0.25) is 5.88 Å². The average molecular weight is 419 g/mol. The molecule has 0 unspecified atom stereocenters. The number of carbonyl (C=O) groups excluding carboxylic acids is 1. The molecule has 2 heterocycles. The molecule has 4 rings (SSSR count). The minimum Gasteiger partial charge on any atom is -0.476 e. The second-order valence-electron chi connectivity index (χ2n) is 7.99. The topological polar surface area (TPSA) is 55.3 Å². The number of hydrogen-bond donors (Lipinski definition) is 0. The van der Waals surface area contributed by atoms with Crippen LogP contribution in [0.5, 0.6) is 5.88 Å². The quantitative estimate of drug-likeness (QED) is 0.741. The fourth-order valence-corrected chi connectivity index (χ4v) is 4.06. The minimum atomic E-state index is -4.46.